The first-order valence-corrected chi connectivity index (χ1v) is 6.67. The van der Waals surface area contributed by atoms with Gasteiger partial charge in [0.2, 0.25) is 0 Å². The van der Waals surface area contributed by atoms with Gasteiger partial charge in [-0.3, -0.25) is 4.79 Å². The van der Waals surface area contributed by atoms with Crippen LogP contribution < -0.4 is 4.74 Å². The molecule has 0 amide bonds. The number of unbranched alkanes of at least 4 members (excludes halogenated alkanes) is 1. The van der Waals surface area contributed by atoms with Crippen molar-refractivity contribution in [3.63, 3.8) is 0 Å². The Hall–Kier alpha value is -1.13. The van der Waals surface area contributed by atoms with Gasteiger partial charge in [0, 0.05) is 18.4 Å². The number of ether oxygens (including phenoxy) is 1. The van der Waals surface area contributed by atoms with Crippen LogP contribution in [0.15, 0.2) is 0 Å². The van der Waals surface area contributed by atoms with Crippen LogP contribution in [-0.2, 0) is 11.2 Å². The van der Waals surface area contributed by atoms with Gasteiger partial charge in [-0.25, -0.2) is 0 Å². The summed E-state index contributed by atoms with van der Waals surface area (Å²) in [6.07, 6.45) is 1.93. The molecule has 0 aliphatic rings. The van der Waals surface area contributed by atoms with Gasteiger partial charge in [0.1, 0.15) is 27.3 Å². The van der Waals surface area contributed by atoms with Crippen LogP contribution >= 0.6 is 23.2 Å². The molecule has 19 heavy (non-hydrogen) atoms. The number of hydrogen-bond acceptors (Lipinski definition) is 4. The van der Waals surface area contributed by atoms with Crippen LogP contribution in [0.4, 0.5) is 0 Å². The van der Waals surface area contributed by atoms with E-state index in [0.717, 1.165) is 12.8 Å². The third-order valence-electron chi connectivity index (χ3n) is 2.77. The molecule has 0 atom stereocenters. The number of carbonyl (C=O) groups excluding carboxylic acids is 1. The molecule has 106 valence electrons. The number of halogens is 2. The summed E-state index contributed by atoms with van der Waals surface area (Å²) in [4.78, 5) is 11.7. The molecule has 0 aliphatic heterocycles. The molecule has 0 bridgehead atoms. The van der Waals surface area contributed by atoms with Gasteiger partial charge in [-0.05, 0) is 6.42 Å². The standard InChI is InChI=1S/C13H16Cl2O4/c1-3-4-5-7(16)6-8-11(17)9(14)13(19-2)10(15)12(8)18/h17-18H,3-6H2,1-2H3. The topological polar surface area (TPSA) is 66.8 Å². The molecule has 0 radical (unpaired) electrons. The number of phenolic OH excluding ortho intramolecular Hbond substituents is 2. The van der Waals surface area contributed by atoms with Crippen LogP contribution in [0.2, 0.25) is 10.0 Å². The van der Waals surface area contributed by atoms with Crippen LogP contribution in [0.5, 0.6) is 17.2 Å². The van der Waals surface area contributed by atoms with E-state index in [0.29, 0.717) is 6.42 Å². The molecule has 1 rings (SSSR count). The molecule has 0 unspecified atom stereocenters. The summed E-state index contributed by atoms with van der Waals surface area (Å²) in [6, 6.07) is 0. The Morgan fingerprint density at radius 1 is 1.21 bits per heavy atom. The van der Waals surface area contributed by atoms with Crippen molar-refractivity contribution in [1.29, 1.82) is 0 Å². The van der Waals surface area contributed by atoms with Gasteiger partial charge in [0.25, 0.3) is 0 Å². The summed E-state index contributed by atoms with van der Waals surface area (Å²) in [6.45, 7) is 1.98. The summed E-state index contributed by atoms with van der Waals surface area (Å²) in [5, 5.41) is 19.6. The first-order chi connectivity index (χ1) is 8.93. The first kappa shape index (κ1) is 15.9. The van der Waals surface area contributed by atoms with E-state index < -0.39 is 0 Å². The predicted molar refractivity (Wildman–Crippen MR) is 74.6 cm³/mol. The maximum Gasteiger partial charge on any atom is 0.163 e. The zero-order chi connectivity index (χ0) is 14.6. The Bertz CT molecular complexity index is 457. The van der Waals surface area contributed by atoms with E-state index in [9.17, 15) is 15.0 Å². The number of methoxy groups -OCH3 is 1. The van der Waals surface area contributed by atoms with Gasteiger partial charge < -0.3 is 14.9 Å². The average molecular weight is 307 g/mol. The van der Waals surface area contributed by atoms with Crippen molar-refractivity contribution in [2.45, 2.75) is 32.6 Å². The number of ketones is 1. The highest BCUT2D eigenvalue weighted by atomic mass is 35.5. The molecule has 1 aromatic rings. The fraction of sp³-hybridized carbons (Fsp3) is 0.462. The van der Waals surface area contributed by atoms with Gasteiger partial charge in [-0.2, -0.15) is 0 Å². The second-order valence-corrected chi connectivity index (χ2v) is 4.91. The van der Waals surface area contributed by atoms with E-state index in [2.05, 4.69) is 0 Å². The van der Waals surface area contributed by atoms with Gasteiger partial charge in [0.15, 0.2) is 5.75 Å². The third-order valence-corrected chi connectivity index (χ3v) is 3.47. The summed E-state index contributed by atoms with van der Waals surface area (Å²) in [5.41, 5.74) is 0.0388. The van der Waals surface area contributed by atoms with Crippen LogP contribution in [0.1, 0.15) is 31.7 Å². The van der Waals surface area contributed by atoms with Crippen molar-refractivity contribution in [3.05, 3.63) is 15.6 Å². The van der Waals surface area contributed by atoms with Crippen LogP contribution in [0.3, 0.4) is 0 Å². The number of carbonyl (C=O) groups is 1. The van der Waals surface area contributed by atoms with Crippen molar-refractivity contribution in [3.8, 4) is 17.2 Å². The summed E-state index contributed by atoms with van der Waals surface area (Å²) in [5.74, 6) is -0.844. The van der Waals surface area contributed by atoms with E-state index in [-0.39, 0.29) is 45.1 Å². The Morgan fingerprint density at radius 2 is 1.74 bits per heavy atom. The van der Waals surface area contributed by atoms with Crippen LogP contribution in [0, 0.1) is 0 Å². The minimum atomic E-state index is -0.370. The lowest BCUT2D eigenvalue weighted by molar-refractivity contribution is -0.118. The first-order valence-electron chi connectivity index (χ1n) is 5.91. The van der Waals surface area contributed by atoms with E-state index in [1.807, 2.05) is 6.92 Å². The Morgan fingerprint density at radius 3 is 2.16 bits per heavy atom. The maximum atomic E-state index is 11.7. The molecule has 0 aromatic heterocycles. The fourth-order valence-corrected chi connectivity index (χ4v) is 2.31. The SMILES string of the molecule is CCCCC(=O)Cc1c(O)c(Cl)c(OC)c(Cl)c1O. The molecule has 1 aromatic carbocycles. The summed E-state index contributed by atoms with van der Waals surface area (Å²) >= 11 is 11.8. The average Bonchev–Trinajstić information content (AvgIpc) is 2.40. The van der Waals surface area contributed by atoms with E-state index in [1.54, 1.807) is 0 Å². The van der Waals surface area contributed by atoms with E-state index in [4.69, 9.17) is 27.9 Å². The number of phenols is 2. The lowest BCUT2D eigenvalue weighted by Gasteiger charge is -2.14. The molecule has 0 fully saturated rings. The predicted octanol–water partition coefficient (Wildman–Crippen LogP) is 3.72. The highest BCUT2D eigenvalue weighted by molar-refractivity contribution is 6.39. The number of hydrogen-bond donors (Lipinski definition) is 2. The molecule has 2 N–H and O–H groups in total. The Kier molecular flexibility index (Phi) is 5.76. The van der Waals surface area contributed by atoms with Crippen molar-refractivity contribution < 1.29 is 19.7 Å². The Labute approximate surface area is 121 Å². The molecule has 0 heterocycles. The second-order valence-electron chi connectivity index (χ2n) is 4.16. The highest BCUT2D eigenvalue weighted by Crippen LogP contribution is 2.48. The largest absolute Gasteiger partial charge is 0.506 e. The van der Waals surface area contributed by atoms with Gasteiger partial charge >= 0.3 is 0 Å². The third kappa shape index (κ3) is 3.45. The molecule has 0 spiro atoms. The molecule has 4 nitrogen and oxygen atoms in total. The van der Waals surface area contributed by atoms with E-state index in [1.165, 1.54) is 7.11 Å². The smallest absolute Gasteiger partial charge is 0.163 e. The fourth-order valence-electron chi connectivity index (χ4n) is 1.69. The monoisotopic (exact) mass is 306 g/mol. The number of Topliss-reactive ketones (excluding diaryl/α,β-unsaturated/α-hetero) is 1. The van der Waals surface area contributed by atoms with Crippen molar-refractivity contribution in [2.24, 2.45) is 0 Å². The molecular weight excluding hydrogens is 291 g/mol. The maximum absolute atomic E-state index is 11.7. The number of rotatable bonds is 6. The molecule has 0 saturated carbocycles. The minimum Gasteiger partial charge on any atom is -0.506 e. The minimum absolute atomic E-state index is 0.0110. The normalized spacial score (nSPS) is 10.5. The second kappa shape index (κ2) is 6.87. The van der Waals surface area contributed by atoms with Crippen LogP contribution in [0.25, 0.3) is 0 Å². The van der Waals surface area contributed by atoms with Gasteiger partial charge in [-0.1, -0.05) is 36.5 Å². The van der Waals surface area contributed by atoms with Crippen molar-refractivity contribution in [2.75, 3.05) is 7.11 Å². The lowest BCUT2D eigenvalue weighted by Crippen LogP contribution is -2.04. The number of aromatic hydroxyl groups is 2. The molecule has 6 heteroatoms. The molecular formula is C13H16Cl2O4. The highest BCUT2D eigenvalue weighted by Gasteiger charge is 2.23. The van der Waals surface area contributed by atoms with Gasteiger partial charge in [0.05, 0.1) is 7.11 Å². The van der Waals surface area contributed by atoms with Gasteiger partial charge in [-0.15, -0.1) is 0 Å². The molecule has 0 aliphatic carbocycles. The number of benzene rings is 1. The lowest BCUT2D eigenvalue weighted by atomic mass is 10.0. The van der Waals surface area contributed by atoms with Crippen molar-refractivity contribution >= 4 is 29.0 Å². The molecule has 0 saturated heterocycles. The summed E-state index contributed by atoms with van der Waals surface area (Å²) < 4.78 is 4.89. The van der Waals surface area contributed by atoms with Crippen molar-refractivity contribution in [1.82, 2.24) is 0 Å². The summed E-state index contributed by atoms with van der Waals surface area (Å²) in [7, 11) is 1.32. The van der Waals surface area contributed by atoms with E-state index >= 15 is 0 Å². The zero-order valence-electron chi connectivity index (χ0n) is 10.8. The quantitative estimate of drug-likeness (QED) is 0.840. The zero-order valence-corrected chi connectivity index (χ0v) is 12.3. The Balaban J connectivity index is 3.12. The van der Waals surface area contributed by atoms with Crippen LogP contribution in [-0.4, -0.2) is 23.1 Å².